The summed E-state index contributed by atoms with van der Waals surface area (Å²) in [5, 5.41) is 3.77. The topological polar surface area (TPSA) is 87.2 Å². The van der Waals surface area contributed by atoms with Gasteiger partial charge in [0.25, 0.3) is 0 Å². The molecule has 0 fully saturated rings. The number of aromatic nitrogens is 2. The maximum absolute atomic E-state index is 11.3. The van der Waals surface area contributed by atoms with Gasteiger partial charge in [-0.3, -0.25) is 4.79 Å². The summed E-state index contributed by atoms with van der Waals surface area (Å²) in [5.74, 6) is -1.06. The Hall–Kier alpha value is -1.85. The molecule has 1 heterocycles. The van der Waals surface area contributed by atoms with Gasteiger partial charge in [-0.2, -0.15) is 5.10 Å². The zero-order valence-electron chi connectivity index (χ0n) is 7.77. The zero-order chi connectivity index (χ0) is 10.6. The molecule has 0 aliphatic heterocycles. The van der Waals surface area contributed by atoms with Crippen molar-refractivity contribution >= 4 is 11.9 Å². The highest BCUT2D eigenvalue weighted by molar-refractivity contribution is 5.88. The summed E-state index contributed by atoms with van der Waals surface area (Å²) < 4.78 is 5.97. The van der Waals surface area contributed by atoms with E-state index in [4.69, 9.17) is 10.5 Å². The largest absolute Gasteiger partial charge is 0.461 e. The molecule has 2 N–H and O–H groups in total. The molecule has 0 saturated carbocycles. The Balaban J connectivity index is 2.81. The van der Waals surface area contributed by atoms with Crippen LogP contribution in [0.4, 0.5) is 0 Å². The lowest BCUT2D eigenvalue weighted by atomic mass is 10.4. The van der Waals surface area contributed by atoms with E-state index in [2.05, 4.69) is 5.10 Å². The first kappa shape index (κ1) is 10.2. The van der Waals surface area contributed by atoms with E-state index in [0.717, 1.165) is 0 Å². The van der Waals surface area contributed by atoms with Gasteiger partial charge < -0.3 is 10.5 Å². The molecule has 0 unspecified atom stereocenters. The maximum Gasteiger partial charge on any atom is 0.356 e. The lowest BCUT2D eigenvalue weighted by molar-refractivity contribution is -0.118. The second kappa shape index (κ2) is 4.40. The van der Waals surface area contributed by atoms with Crippen LogP contribution < -0.4 is 5.73 Å². The number of ether oxygens (including phenoxy) is 1. The number of amides is 1. The lowest BCUT2D eigenvalue weighted by Crippen LogP contribution is -2.23. The summed E-state index contributed by atoms with van der Waals surface area (Å²) in [7, 11) is 0. The van der Waals surface area contributed by atoms with E-state index in [1.807, 2.05) is 0 Å². The van der Waals surface area contributed by atoms with Gasteiger partial charge in [-0.25, -0.2) is 9.48 Å². The molecule has 0 atom stereocenters. The van der Waals surface area contributed by atoms with Crippen molar-refractivity contribution in [3.05, 3.63) is 18.0 Å². The summed E-state index contributed by atoms with van der Waals surface area (Å²) in [6, 6.07) is 1.47. The van der Waals surface area contributed by atoms with Crippen molar-refractivity contribution in [3.63, 3.8) is 0 Å². The lowest BCUT2D eigenvalue weighted by Gasteiger charge is -2.03. The van der Waals surface area contributed by atoms with Gasteiger partial charge in [-0.1, -0.05) is 0 Å². The monoisotopic (exact) mass is 197 g/mol. The number of nitrogens with zero attached hydrogens (tertiary/aromatic N) is 2. The van der Waals surface area contributed by atoms with Crippen LogP contribution in [0.5, 0.6) is 0 Å². The normalized spacial score (nSPS) is 9.79. The van der Waals surface area contributed by atoms with Crippen molar-refractivity contribution in [1.29, 1.82) is 0 Å². The number of nitrogens with two attached hydrogens (primary N) is 1. The highest BCUT2D eigenvalue weighted by atomic mass is 16.5. The van der Waals surface area contributed by atoms with Gasteiger partial charge in [0.15, 0.2) is 0 Å². The quantitative estimate of drug-likeness (QED) is 0.662. The van der Waals surface area contributed by atoms with Crippen molar-refractivity contribution in [1.82, 2.24) is 9.78 Å². The third-order valence-electron chi connectivity index (χ3n) is 1.51. The van der Waals surface area contributed by atoms with Crippen LogP contribution >= 0.6 is 0 Å². The van der Waals surface area contributed by atoms with Crippen LogP contribution in [0.3, 0.4) is 0 Å². The van der Waals surface area contributed by atoms with Crippen molar-refractivity contribution in [2.75, 3.05) is 6.61 Å². The first-order valence-corrected chi connectivity index (χ1v) is 4.12. The maximum atomic E-state index is 11.3. The molecule has 0 radical (unpaired) electrons. The van der Waals surface area contributed by atoms with Crippen LogP contribution in [0.15, 0.2) is 12.3 Å². The Labute approximate surface area is 80.6 Å². The van der Waals surface area contributed by atoms with E-state index in [1.54, 1.807) is 6.92 Å². The van der Waals surface area contributed by atoms with E-state index in [0.29, 0.717) is 0 Å². The molecule has 0 saturated heterocycles. The first-order chi connectivity index (χ1) is 6.65. The minimum Gasteiger partial charge on any atom is -0.461 e. The van der Waals surface area contributed by atoms with E-state index >= 15 is 0 Å². The Morgan fingerprint density at radius 2 is 2.36 bits per heavy atom. The molecule has 0 bridgehead atoms. The van der Waals surface area contributed by atoms with Gasteiger partial charge >= 0.3 is 5.97 Å². The van der Waals surface area contributed by atoms with Crippen molar-refractivity contribution in [2.24, 2.45) is 5.73 Å². The molecule has 1 rings (SSSR count). The number of carbonyl (C=O) groups is 2. The molecule has 0 aromatic carbocycles. The minimum atomic E-state index is -0.556. The average molecular weight is 197 g/mol. The highest BCUT2D eigenvalue weighted by Gasteiger charge is 2.13. The van der Waals surface area contributed by atoms with Gasteiger partial charge in [0, 0.05) is 6.20 Å². The Bertz CT molecular complexity index is 345. The molecule has 1 amide bonds. The summed E-state index contributed by atoms with van der Waals surface area (Å²) in [5.41, 5.74) is 5.20. The smallest absolute Gasteiger partial charge is 0.356 e. The molecule has 0 aliphatic carbocycles. The molecule has 6 heteroatoms. The summed E-state index contributed by atoms with van der Waals surface area (Å²) in [6.45, 7) is 1.86. The van der Waals surface area contributed by atoms with Crippen LogP contribution in [0.1, 0.15) is 17.4 Å². The van der Waals surface area contributed by atoms with Crippen molar-refractivity contribution in [3.8, 4) is 0 Å². The summed E-state index contributed by atoms with van der Waals surface area (Å²) >= 11 is 0. The molecular weight excluding hydrogens is 186 g/mol. The van der Waals surface area contributed by atoms with Crippen molar-refractivity contribution < 1.29 is 14.3 Å². The molecule has 1 aromatic rings. The van der Waals surface area contributed by atoms with Crippen molar-refractivity contribution in [2.45, 2.75) is 13.5 Å². The Morgan fingerprint density at radius 1 is 1.64 bits per heavy atom. The predicted molar refractivity (Wildman–Crippen MR) is 47.4 cm³/mol. The number of primary amides is 1. The third kappa shape index (κ3) is 2.32. The van der Waals surface area contributed by atoms with Crippen LogP contribution in [0, 0.1) is 0 Å². The van der Waals surface area contributed by atoms with E-state index in [1.165, 1.54) is 16.9 Å². The predicted octanol–water partition coefficient (Wildman–Crippen LogP) is -0.455. The number of carbonyl (C=O) groups excluding carboxylic acids is 2. The second-order valence-electron chi connectivity index (χ2n) is 2.56. The highest BCUT2D eigenvalue weighted by Crippen LogP contribution is 2.01. The second-order valence-corrected chi connectivity index (χ2v) is 2.56. The molecule has 76 valence electrons. The molecular formula is C8H11N3O3. The minimum absolute atomic E-state index is 0.124. The first-order valence-electron chi connectivity index (χ1n) is 4.12. The molecule has 6 nitrogen and oxygen atoms in total. The van der Waals surface area contributed by atoms with Crippen LogP contribution in [-0.2, 0) is 16.1 Å². The number of esters is 1. The van der Waals surface area contributed by atoms with E-state index in [9.17, 15) is 9.59 Å². The Morgan fingerprint density at radius 3 is 2.93 bits per heavy atom. The zero-order valence-corrected chi connectivity index (χ0v) is 7.77. The standard InChI is InChI=1S/C8H11N3O3/c1-2-14-8(13)6-3-4-10-11(6)5-7(9)12/h3-4H,2,5H2,1H3,(H2,9,12). The SMILES string of the molecule is CCOC(=O)c1ccnn1CC(N)=O. The third-order valence-corrected chi connectivity index (χ3v) is 1.51. The molecule has 14 heavy (non-hydrogen) atoms. The van der Waals surface area contributed by atoms with Gasteiger partial charge in [-0.15, -0.1) is 0 Å². The van der Waals surface area contributed by atoms with Crippen LogP contribution in [-0.4, -0.2) is 28.3 Å². The van der Waals surface area contributed by atoms with E-state index in [-0.39, 0.29) is 18.8 Å². The van der Waals surface area contributed by atoms with Gasteiger partial charge in [-0.05, 0) is 13.0 Å². The molecule has 0 aliphatic rings. The summed E-state index contributed by atoms with van der Waals surface area (Å²) in [6.07, 6.45) is 1.41. The fraction of sp³-hybridized carbons (Fsp3) is 0.375. The van der Waals surface area contributed by atoms with Crippen LogP contribution in [0.2, 0.25) is 0 Å². The van der Waals surface area contributed by atoms with Crippen LogP contribution in [0.25, 0.3) is 0 Å². The number of hydrogen-bond acceptors (Lipinski definition) is 4. The fourth-order valence-corrected chi connectivity index (χ4v) is 0.985. The Kier molecular flexibility index (Phi) is 3.22. The van der Waals surface area contributed by atoms with Gasteiger partial charge in [0.2, 0.25) is 5.91 Å². The number of rotatable bonds is 4. The van der Waals surface area contributed by atoms with Gasteiger partial charge in [0.05, 0.1) is 6.61 Å². The van der Waals surface area contributed by atoms with Gasteiger partial charge in [0.1, 0.15) is 12.2 Å². The van der Waals surface area contributed by atoms with E-state index < -0.39 is 11.9 Å². The number of hydrogen-bond donors (Lipinski definition) is 1. The summed E-state index contributed by atoms with van der Waals surface area (Å²) in [4.78, 5) is 21.9. The molecule has 1 aromatic heterocycles. The molecule has 0 spiro atoms. The fourth-order valence-electron chi connectivity index (χ4n) is 0.985. The average Bonchev–Trinajstić information content (AvgIpc) is 2.51.